The van der Waals surface area contributed by atoms with Crippen LogP contribution in [0.3, 0.4) is 0 Å². The third-order valence-electron chi connectivity index (χ3n) is 5.96. The number of hydrogen-bond acceptors (Lipinski definition) is 4. The molecule has 1 atom stereocenters. The van der Waals surface area contributed by atoms with Gasteiger partial charge in [0.25, 0.3) is 0 Å². The molecular weight excluding hydrogens is 406 g/mol. The summed E-state index contributed by atoms with van der Waals surface area (Å²) in [6.45, 7) is 3.92. The van der Waals surface area contributed by atoms with Crippen molar-refractivity contribution in [3.8, 4) is 0 Å². The Hall–Kier alpha value is -2.76. The second-order valence-electron chi connectivity index (χ2n) is 8.11. The lowest BCUT2D eigenvalue weighted by atomic mass is 9.80. The molecule has 3 rings (SSSR count). The van der Waals surface area contributed by atoms with E-state index in [1.54, 1.807) is 36.4 Å². The lowest BCUT2D eigenvalue weighted by molar-refractivity contribution is 0.0666. The van der Waals surface area contributed by atoms with Gasteiger partial charge in [-0.1, -0.05) is 67.1 Å². The van der Waals surface area contributed by atoms with Crippen LogP contribution in [0.1, 0.15) is 34.8 Å². The van der Waals surface area contributed by atoms with Crippen LogP contribution in [0.5, 0.6) is 0 Å². The Balaban J connectivity index is 1.94. The molecule has 3 aromatic rings. The van der Waals surface area contributed by atoms with Crippen LogP contribution in [0, 0.1) is 6.92 Å². The summed E-state index contributed by atoms with van der Waals surface area (Å²) in [7, 11) is 0.209. The van der Waals surface area contributed by atoms with Crippen LogP contribution in [0.2, 0.25) is 0 Å². The van der Waals surface area contributed by atoms with Gasteiger partial charge in [-0.15, -0.1) is 0 Å². The molecule has 1 unspecified atom stereocenters. The van der Waals surface area contributed by atoms with Crippen molar-refractivity contribution in [2.24, 2.45) is 0 Å². The van der Waals surface area contributed by atoms with E-state index in [1.807, 2.05) is 63.2 Å². The maximum Gasteiger partial charge on any atom is 0.206 e. The summed E-state index contributed by atoms with van der Waals surface area (Å²) in [6, 6.07) is 23.0. The fourth-order valence-electron chi connectivity index (χ4n) is 3.88. The van der Waals surface area contributed by atoms with Crippen LogP contribution >= 0.6 is 0 Å². The third kappa shape index (κ3) is 4.63. The molecule has 31 heavy (non-hydrogen) atoms. The standard InChI is InChI=1S/C26H29NO3S/c1-5-26(27(3)4,19-21-9-7-6-8-10-21)25(28)22-13-17-24(18-14-22)31(29,30)23-15-11-20(2)12-16-23/h6-18H,5,19H2,1-4H3. The van der Waals surface area contributed by atoms with Gasteiger partial charge < -0.3 is 0 Å². The zero-order valence-corrected chi connectivity index (χ0v) is 19.3. The van der Waals surface area contributed by atoms with Gasteiger partial charge in [-0.3, -0.25) is 9.69 Å². The summed E-state index contributed by atoms with van der Waals surface area (Å²) in [6.07, 6.45) is 1.22. The van der Waals surface area contributed by atoms with Gasteiger partial charge in [-0.25, -0.2) is 8.42 Å². The van der Waals surface area contributed by atoms with E-state index in [9.17, 15) is 13.2 Å². The smallest absolute Gasteiger partial charge is 0.206 e. The number of Topliss-reactive ketones (excluding diaryl/α,β-unsaturated/α-hetero) is 1. The molecule has 0 amide bonds. The quantitative estimate of drug-likeness (QED) is 0.469. The van der Waals surface area contributed by atoms with Crippen LogP contribution in [0.4, 0.5) is 0 Å². The monoisotopic (exact) mass is 435 g/mol. The van der Waals surface area contributed by atoms with Crippen molar-refractivity contribution >= 4 is 15.6 Å². The Labute approximate surface area is 185 Å². The molecular formula is C26H29NO3S. The molecule has 0 spiro atoms. The van der Waals surface area contributed by atoms with E-state index in [0.29, 0.717) is 18.4 Å². The molecule has 0 fully saturated rings. The van der Waals surface area contributed by atoms with Gasteiger partial charge >= 0.3 is 0 Å². The maximum absolute atomic E-state index is 13.6. The first-order chi connectivity index (χ1) is 14.7. The van der Waals surface area contributed by atoms with E-state index in [4.69, 9.17) is 0 Å². The Bertz CT molecular complexity index is 1140. The largest absolute Gasteiger partial charge is 0.297 e. The molecule has 0 bridgehead atoms. The molecule has 0 aliphatic heterocycles. The number of carbonyl (C=O) groups is 1. The van der Waals surface area contributed by atoms with E-state index >= 15 is 0 Å². The minimum absolute atomic E-state index is 0.0110. The number of hydrogen-bond donors (Lipinski definition) is 0. The number of nitrogens with zero attached hydrogens (tertiary/aromatic N) is 1. The summed E-state index contributed by atoms with van der Waals surface area (Å²) in [5.74, 6) is -0.0110. The Kier molecular flexibility index (Phi) is 6.77. The van der Waals surface area contributed by atoms with E-state index in [0.717, 1.165) is 11.1 Å². The Morgan fingerprint density at radius 3 is 1.84 bits per heavy atom. The van der Waals surface area contributed by atoms with Crippen molar-refractivity contribution < 1.29 is 13.2 Å². The van der Waals surface area contributed by atoms with Crippen LogP contribution in [0.25, 0.3) is 0 Å². The van der Waals surface area contributed by atoms with Gasteiger partial charge in [-0.05, 0) is 63.7 Å². The topological polar surface area (TPSA) is 54.5 Å². The summed E-state index contributed by atoms with van der Waals surface area (Å²) in [5, 5.41) is 0. The second-order valence-corrected chi connectivity index (χ2v) is 10.1. The number of likely N-dealkylation sites (N-methyl/N-ethyl adjacent to an activating group) is 1. The summed E-state index contributed by atoms with van der Waals surface area (Å²) in [4.78, 5) is 16.0. The molecule has 162 valence electrons. The zero-order chi connectivity index (χ0) is 22.6. The number of carbonyl (C=O) groups excluding carboxylic acids is 1. The predicted octanol–water partition coefficient (Wildman–Crippen LogP) is 4.96. The molecule has 0 saturated carbocycles. The SMILES string of the molecule is CCC(Cc1ccccc1)(C(=O)c1ccc(S(=O)(=O)c2ccc(C)cc2)cc1)N(C)C. The lowest BCUT2D eigenvalue weighted by Crippen LogP contribution is -2.52. The summed E-state index contributed by atoms with van der Waals surface area (Å²) in [5.41, 5.74) is 1.89. The fourth-order valence-corrected chi connectivity index (χ4v) is 5.15. The Morgan fingerprint density at radius 1 is 0.839 bits per heavy atom. The molecule has 0 radical (unpaired) electrons. The highest BCUT2D eigenvalue weighted by molar-refractivity contribution is 7.91. The van der Waals surface area contributed by atoms with E-state index in [2.05, 4.69) is 0 Å². The van der Waals surface area contributed by atoms with Crippen molar-refractivity contribution in [2.75, 3.05) is 14.1 Å². The first-order valence-corrected chi connectivity index (χ1v) is 11.9. The van der Waals surface area contributed by atoms with Gasteiger partial charge in [-0.2, -0.15) is 0 Å². The fraction of sp³-hybridized carbons (Fsp3) is 0.269. The van der Waals surface area contributed by atoms with Crippen molar-refractivity contribution in [3.63, 3.8) is 0 Å². The van der Waals surface area contributed by atoms with Gasteiger partial charge in [0, 0.05) is 5.56 Å². The lowest BCUT2D eigenvalue weighted by Gasteiger charge is -2.38. The van der Waals surface area contributed by atoms with E-state index in [1.165, 1.54) is 12.1 Å². The number of benzene rings is 3. The molecule has 5 heteroatoms. The molecule has 0 saturated heterocycles. The first-order valence-electron chi connectivity index (χ1n) is 10.4. The molecule has 0 aromatic heterocycles. The second kappa shape index (κ2) is 9.16. The first kappa shape index (κ1) is 22.9. The average molecular weight is 436 g/mol. The highest BCUT2D eigenvalue weighted by atomic mass is 32.2. The van der Waals surface area contributed by atoms with Crippen molar-refractivity contribution in [3.05, 3.63) is 95.6 Å². The van der Waals surface area contributed by atoms with Crippen LogP contribution in [-0.4, -0.2) is 38.7 Å². The minimum atomic E-state index is -3.63. The molecule has 4 nitrogen and oxygen atoms in total. The van der Waals surface area contributed by atoms with Crippen molar-refractivity contribution in [1.82, 2.24) is 4.90 Å². The van der Waals surface area contributed by atoms with Gasteiger partial charge in [0.05, 0.1) is 15.3 Å². The van der Waals surface area contributed by atoms with Gasteiger partial charge in [0.1, 0.15) is 0 Å². The zero-order valence-electron chi connectivity index (χ0n) is 18.5. The van der Waals surface area contributed by atoms with E-state index in [-0.39, 0.29) is 15.6 Å². The normalized spacial score (nSPS) is 13.7. The number of rotatable bonds is 8. The summed E-state index contributed by atoms with van der Waals surface area (Å²) < 4.78 is 25.9. The van der Waals surface area contributed by atoms with Crippen molar-refractivity contribution in [2.45, 2.75) is 42.0 Å². The molecule has 3 aromatic carbocycles. The summed E-state index contributed by atoms with van der Waals surface area (Å²) >= 11 is 0. The number of sulfone groups is 1. The van der Waals surface area contributed by atoms with Crippen molar-refractivity contribution in [1.29, 1.82) is 0 Å². The molecule has 0 aliphatic carbocycles. The van der Waals surface area contributed by atoms with Gasteiger partial charge in [0.2, 0.25) is 9.84 Å². The van der Waals surface area contributed by atoms with E-state index < -0.39 is 15.4 Å². The molecule has 0 heterocycles. The van der Waals surface area contributed by atoms with Crippen LogP contribution < -0.4 is 0 Å². The van der Waals surface area contributed by atoms with Gasteiger partial charge in [0.15, 0.2) is 5.78 Å². The highest BCUT2D eigenvalue weighted by Gasteiger charge is 2.39. The molecule has 0 N–H and O–H groups in total. The Morgan fingerprint density at radius 2 is 1.35 bits per heavy atom. The van der Waals surface area contributed by atoms with Crippen LogP contribution in [-0.2, 0) is 16.3 Å². The molecule has 0 aliphatic rings. The minimum Gasteiger partial charge on any atom is -0.297 e. The highest BCUT2D eigenvalue weighted by Crippen LogP contribution is 2.29. The maximum atomic E-state index is 13.6. The third-order valence-corrected chi connectivity index (χ3v) is 7.75. The number of aryl methyl sites for hydroxylation is 1. The number of ketones is 1. The predicted molar refractivity (Wildman–Crippen MR) is 124 cm³/mol. The van der Waals surface area contributed by atoms with Crippen LogP contribution in [0.15, 0.2) is 88.7 Å². The average Bonchev–Trinajstić information content (AvgIpc) is 2.78.